The molecule has 0 aliphatic heterocycles. The lowest BCUT2D eigenvalue weighted by Gasteiger charge is -2.31. The van der Waals surface area contributed by atoms with Crippen LogP contribution >= 0.6 is 0 Å². The fourth-order valence-corrected chi connectivity index (χ4v) is 2.51. The standard InChI is InChI=1S/C14H20N2O/c1-16(13-8-3-2-4-9-13)14(17)11-6-5-7-12(15)10-11/h5-7,10,13H,2-4,8-9,15H2,1H3. The molecule has 1 amide bonds. The van der Waals surface area contributed by atoms with Crippen molar-refractivity contribution in [2.24, 2.45) is 0 Å². The number of benzene rings is 1. The molecule has 1 aromatic rings. The van der Waals surface area contributed by atoms with E-state index in [0.717, 1.165) is 12.8 Å². The molecule has 0 radical (unpaired) electrons. The van der Waals surface area contributed by atoms with Crippen molar-refractivity contribution < 1.29 is 4.79 Å². The van der Waals surface area contributed by atoms with Crippen LogP contribution in [-0.2, 0) is 0 Å². The van der Waals surface area contributed by atoms with Gasteiger partial charge in [0.2, 0.25) is 0 Å². The Balaban J connectivity index is 2.08. The minimum atomic E-state index is 0.0872. The molecule has 1 saturated carbocycles. The zero-order valence-corrected chi connectivity index (χ0v) is 10.4. The first-order chi connectivity index (χ1) is 8.18. The third kappa shape index (κ3) is 2.78. The summed E-state index contributed by atoms with van der Waals surface area (Å²) in [6.45, 7) is 0. The van der Waals surface area contributed by atoms with E-state index in [1.54, 1.807) is 12.1 Å². The second-order valence-electron chi connectivity index (χ2n) is 4.83. The van der Waals surface area contributed by atoms with Gasteiger partial charge in [0.25, 0.3) is 5.91 Å². The maximum atomic E-state index is 12.3. The maximum Gasteiger partial charge on any atom is 0.253 e. The Morgan fingerprint density at radius 3 is 2.65 bits per heavy atom. The average Bonchev–Trinajstić information content (AvgIpc) is 2.38. The Bertz CT molecular complexity index is 397. The second kappa shape index (κ2) is 5.21. The van der Waals surface area contributed by atoms with Gasteiger partial charge in [-0.05, 0) is 31.0 Å². The number of hydrogen-bond acceptors (Lipinski definition) is 2. The van der Waals surface area contributed by atoms with Gasteiger partial charge in [-0.1, -0.05) is 25.3 Å². The molecule has 2 N–H and O–H groups in total. The highest BCUT2D eigenvalue weighted by Crippen LogP contribution is 2.23. The minimum Gasteiger partial charge on any atom is -0.399 e. The van der Waals surface area contributed by atoms with Crippen molar-refractivity contribution in [1.82, 2.24) is 4.90 Å². The smallest absolute Gasteiger partial charge is 0.253 e. The molecule has 0 atom stereocenters. The summed E-state index contributed by atoms with van der Waals surface area (Å²) < 4.78 is 0. The van der Waals surface area contributed by atoms with Crippen LogP contribution in [0.4, 0.5) is 5.69 Å². The van der Waals surface area contributed by atoms with Crippen LogP contribution in [0.15, 0.2) is 24.3 Å². The zero-order chi connectivity index (χ0) is 12.3. The van der Waals surface area contributed by atoms with Gasteiger partial charge in [-0.15, -0.1) is 0 Å². The van der Waals surface area contributed by atoms with Crippen LogP contribution in [0, 0.1) is 0 Å². The highest BCUT2D eigenvalue weighted by molar-refractivity contribution is 5.95. The van der Waals surface area contributed by atoms with E-state index < -0.39 is 0 Å². The summed E-state index contributed by atoms with van der Waals surface area (Å²) >= 11 is 0. The van der Waals surface area contributed by atoms with Gasteiger partial charge >= 0.3 is 0 Å². The van der Waals surface area contributed by atoms with E-state index in [4.69, 9.17) is 5.73 Å². The van der Waals surface area contributed by atoms with E-state index in [0.29, 0.717) is 17.3 Å². The molecule has 0 heterocycles. The fraction of sp³-hybridized carbons (Fsp3) is 0.500. The van der Waals surface area contributed by atoms with Crippen LogP contribution in [0.2, 0.25) is 0 Å². The lowest BCUT2D eigenvalue weighted by atomic mass is 9.94. The van der Waals surface area contributed by atoms with Crippen molar-refractivity contribution >= 4 is 11.6 Å². The summed E-state index contributed by atoms with van der Waals surface area (Å²) in [6.07, 6.45) is 6.03. The van der Waals surface area contributed by atoms with Crippen molar-refractivity contribution in [3.05, 3.63) is 29.8 Å². The molecule has 1 fully saturated rings. The first-order valence-electron chi connectivity index (χ1n) is 6.31. The van der Waals surface area contributed by atoms with Gasteiger partial charge in [-0.2, -0.15) is 0 Å². The number of nitrogens with two attached hydrogens (primary N) is 1. The molecule has 0 unspecified atom stereocenters. The molecule has 1 aliphatic carbocycles. The number of rotatable bonds is 2. The molecule has 2 rings (SSSR count). The Hall–Kier alpha value is -1.51. The van der Waals surface area contributed by atoms with E-state index in [2.05, 4.69) is 0 Å². The van der Waals surface area contributed by atoms with E-state index in [1.807, 2.05) is 24.1 Å². The quantitative estimate of drug-likeness (QED) is 0.797. The van der Waals surface area contributed by atoms with E-state index in [9.17, 15) is 4.79 Å². The monoisotopic (exact) mass is 232 g/mol. The Kier molecular flexibility index (Phi) is 3.67. The number of hydrogen-bond donors (Lipinski definition) is 1. The van der Waals surface area contributed by atoms with Crippen molar-refractivity contribution in [1.29, 1.82) is 0 Å². The largest absolute Gasteiger partial charge is 0.399 e. The summed E-state index contributed by atoms with van der Waals surface area (Å²) in [5.74, 6) is 0.0872. The van der Waals surface area contributed by atoms with E-state index >= 15 is 0 Å². The van der Waals surface area contributed by atoms with Gasteiger partial charge < -0.3 is 10.6 Å². The topological polar surface area (TPSA) is 46.3 Å². The summed E-state index contributed by atoms with van der Waals surface area (Å²) in [6, 6.07) is 7.62. The third-order valence-electron chi connectivity index (χ3n) is 3.58. The molecule has 1 aliphatic rings. The van der Waals surface area contributed by atoms with Gasteiger partial charge in [0, 0.05) is 24.3 Å². The number of carbonyl (C=O) groups is 1. The lowest BCUT2D eigenvalue weighted by molar-refractivity contribution is 0.0696. The van der Waals surface area contributed by atoms with Crippen molar-refractivity contribution in [2.45, 2.75) is 38.1 Å². The Morgan fingerprint density at radius 2 is 2.00 bits per heavy atom. The molecule has 0 bridgehead atoms. The molecule has 0 aromatic heterocycles. The number of anilines is 1. The van der Waals surface area contributed by atoms with Gasteiger partial charge in [0.15, 0.2) is 0 Å². The van der Waals surface area contributed by atoms with Crippen LogP contribution in [0.1, 0.15) is 42.5 Å². The van der Waals surface area contributed by atoms with Gasteiger partial charge in [0.05, 0.1) is 0 Å². The molecule has 1 aromatic carbocycles. The van der Waals surface area contributed by atoms with Gasteiger partial charge in [0.1, 0.15) is 0 Å². The number of amides is 1. The maximum absolute atomic E-state index is 12.3. The van der Waals surface area contributed by atoms with Crippen molar-refractivity contribution in [3.63, 3.8) is 0 Å². The summed E-state index contributed by atoms with van der Waals surface area (Å²) in [5, 5.41) is 0. The van der Waals surface area contributed by atoms with Crippen LogP contribution in [0.5, 0.6) is 0 Å². The molecular weight excluding hydrogens is 212 g/mol. The first-order valence-corrected chi connectivity index (χ1v) is 6.31. The van der Waals surface area contributed by atoms with Crippen LogP contribution < -0.4 is 5.73 Å². The number of nitrogen functional groups attached to an aromatic ring is 1. The minimum absolute atomic E-state index is 0.0872. The molecule has 17 heavy (non-hydrogen) atoms. The molecule has 0 saturated heterocycles. The SMILES string of the molecule is CN(C(=O)c1cccc(N)c1)C1CCCCC1. The third-order valence-corrected chi connectivity index (χ3v) is 3.58. The van der Waals surface area contributed by atoms with Crippen LogP contribution in [0.3, 0.4) is 0 Å². The molecular formula is C14H20N2O. The Labute approximate surface area is 103 Å². The highest BCUT2D eigenvalue weighted by atomic mass is 16.2. The highest BCUT2D eigenvalue weighted by Gasteiger charge is 2.22. The number of carbonyl (C=O) groups excluding carboxylic acids is 1. The Morgan fingerprint density at radius 1 is 1.29 bits per heavy atom. The predicted octanol–water partition coefficient (Wildman–Crippen LogP) is 2.67. The van der Waals surface area contributed by atoms with Crippen LogP contribution in [0.25, 0.3) is 0 Å². The van der Waals surface area contributed by atoms with Crippen molar-refractivity contribution in [2.75, 3.05) is 12.8 Å². The first kappa shape index (κ1) is 12.0. The van der Waals surface area contributed by atoms with Crippen LogP contribution in [-0.4, -0.2) is 23.9 Å². The summed E-state index contributed by atoms with van der Waals surface area (Å²) in [5.41, 5.74) is 7.04. The summed E-state index contributed by atoms with van der Waals surface area (Å²) in [4.78, 5) is 14.1. The van der Waals surface area contributed by atoms with E-state index in [1.165, 1.54) is 19.3 Å². The lowest BCUT2D eigenvalue weighted by Crippen LogP contribution is -2.38. The molecule has 3 nitrogen and oxygen atoms in total. The normalized spacial score (nSPS) is 16.8. The van der Waals surface area contributed by atoms with E-state index in [-0.39, 0.29) is 5.91 Å². The molecule has 92 valence electrons. The zero-order valence-electron chi connectivity index (χ0n) is 10.4. The second-order valence-corrected chi connectivity index (χ2v) is 4.83. The van der Waals surface area contributed by atoms with Gasteiger partial charge in [-0.25, -0.2) is 0 Å². The molecule has 0 spiro atoms. The predicted molar refractivity (Wildman–Crippen MR) is 69.8 cm³/mol. The number of nitrogens with zero attached hydrogens (tertiary/aromatic N) is 1. The molecule has 3 heteroatoms. The fourth-order valence-electron chi connectivity index (χ4n) is 2.51. The summed E-state index contributed by atoms with van der Waals surface area (Å²) in [7, 11) is 1.90. The van der Waals surface area contributed by atoms with Gasteiger partial charge in [-0.3, -0.25) is 4.79 Å². The average molecular weight is 232 g/mol. The van der Waals surface area contributed by atoms with Crippen molar-refractivity contribution in [3.8, 4) is 0 Å².